The molecule has 102 valence electrons. The molecule has 1 aromatic carbocycles. The van der Waals surface area contributed by atoms with Crippen LogP contribution in [-0.4, -0.2) is 24.9 Å². The molecular weight excluding hydrogens is 310 g/mol. The molecule has 0 saturated carbocycles. The molecular formula is C14H16BrNO3. The summed E-state index contributed by atoms with van der Waals surface area (Å²) in [6.07, 6.45) is 1.67. The van der Waals surface area contributed by atoms with E-state index in [-0.39, 0.29) is 12.4 Å². The number of carbonyl (C=O) groups excluding carboxylic acids is 1. The maximum Gasteiger partial charge on any atom is 0.312 e. The van der Waals surface area contributed by atoms with Crippen molar-refractivity contribution in [1.82, 2.24) is 0 Å². The molecule has 0 amide bonds. The highest BCUT2D eigenvalue weighted by Gasteiger charge is 2.11. The molecule has 0 aliphatic carbocycles. The summed E-state index contributed by atoms with van der Waals surface area (Å²) >= 11 is 3.36. The number of carbonyl (C=O) groups is 1. The average molecular weight is 326 g/mol. The van der Waals surface area contributed by atoms with Gasteiger partial charge in [-0.2, -0.15) is 0 Å². The zero-order chi connectivity index (χ0) is 14.1. The Morgan fingerprint density at radius 1 is 1.42 bits per heavy atom. The second-order valence-corrected chi connectivity index (χ2v) is 4.53. The van der Waals surface area contributed by atoms with E-state index in [0.29, 0.717) is 18.9 Å². The highest BCUT2D eigenvalue weighted by atomic mass is 79.9. The topological polar surface area (TPSA) is 47.9 Å². The van der Waals surface area contributed by atoms with E-state index >= 15 is 0 Å². The summed E-state index contributed by atoms with van der Waals surface area (Å²) in [4.78, 5) is 16.6. The lowest BCUT2D eigenvalue weighted by molar-refractivity contribution is -0.141. The van der Waals surface area contributed by atoms with Gasteiger partial charge in [0, 0.05) is 4.47 Å². The molecule has 0 heterocycles. The fourth-order valence-corrected chi connectivity index (χ4v) is 1.61. The van der Waals surface area contributed by atoms with Crippen LogP contribution in [0.15, 0.2) is 46.5 Å². The van der Waals surface area contributed by atoms with Gasteiger partial charge in [0.05, 0.1) is 18.7 Å². The van der Waals surface area contributed by atoms with Gasteiger partial charge in [0.15, 0.2) is 0 Å². The lowest BCUT2D eigenvalue weighted by atomic mass is 10.1. The van der Waals surface area contributed by atoms with Gasteiger partial charge in [0.25, 0.3) is 0 Å². The summed E-state index contributed by atoms with van der Waals surface area (Å²) in [6, 6.07) is 7.48. The minimum absolute atomic E-state index is 0.0760. The highest BCUT2D eigenvalue weighted by molar-refractivity contribution is 9.10. The Bertz CT molecular complexity index is 454. The predicted molar refractivity (Wildman–Crippen MR) is 78.1 cm³/mol. The smallest absolute Gasteiger partial charge is 0.312 e. The van der Waals surface area contributed by atoms with Crippen LogP contribution in [0.4, 0.5) is 0 Å². The Morgan fingerprint density at radius 3 is 2.68 bits per heavy atom. The third-order valence-electron chi connectivity index (χ3n) is 2.16. The van der Waals surface area contributed by atoms with Gasteiger partial charge in [-0.15, -0.1) is 0 Å². The van der Waals surface area contributed by atoms with E-state index in [0.717, 1.165) is 10.0 Å². The van der Waals surface area contributed by atoms with Crippen LogP contribution in [0.1, 0.15) is 18.9 Å². The van der Waals surface area contributed by atoms with Crippen molar-refractivity contribution in [3.63, 3.8) is 0 Å². The number of nitrogens with zero attached hydrogens (tertiary/aromatic N) is 1. The molecule has 1 aromatic rings. The third kappa shape index (κ3) is 5.70. The molecule has 1 rings (SSSR count). The third-order valence-corrected chi connectivity index (χ3v) is 2.69. The van der Waals surface area contributed by atoms with E-state index in [1.54, 1.807) is 13.0 Å². The van der Waals surface area contributed by atoms with Gasteiger partial charge < -0.3 is 9.57 Å². The first-order chi connectivity index (χ1) is 9.17. The van der Waals surface area contributed by atoms with Crippen molar-refractivity contribution in [2.45, 2.75) is 13.3 Å². The molecule has 0 radical (unpaired) electrons. The van der Waals surface area contributed by atoms with Gasteiger partial charge in [0.2, 0.25) is 0 Å². The number of hydrogen-bond acceptors (Lipinski definition) is 4. The summed E-state index contributed by atoms with van der Waals surface area (Å²) in [5.41, 5.74) is 1.35. The minimum atomic E-state index is -0.327. The van der Waals surface area contributed by atoms with Crippen LogP contribution < -0.4 is 0 Å². The molecule has 0 aromatic heterocycles. The summed E-state index contributed by atoms with van der Waals surface area (Å²) < 4.78 is 5.88. The molecule has 4 nitrogen and oxygen atoms in total. The van der Waals surface area contributed by atoms with E-state index in [2.05, 4.69) is 27.7 Å². The van der Waals surface area contributed by atoms with Crippen molar-refractivity contribution in [3.8, 4) is 0 Å². The Balaban J connectivity index is 2.85. The van der Waals surface area contributed by atoms with Gasteiger partial charge >= 0.3 is 5.97 Å². The van der Waals surface area contributed by atoms with E-state index in [9.17, 15) is 4.79 Å². The predicted octanol–water partition coefficient (Wildman–Crippen LogP) is 3.31. The van der Waals surface area contributed by atoms with Crippen molar-refractivity contribution < 1.29 is 14.4 Å². The highest BCUT2D eigenvalue weighted by Crippen LogP contribution is 2.13. The number of ether oxygens (including phenoxy) is 1. The second-order valence-electron chi connectivity index (χ2n) is 3.61. The second kappa shape index (κ2) is 8.48. The molecule has 0 fully saturated rings. The Labute approximate surface area is 121 Å². The summed E-state index contributed by atoms with van der Waals surface area (Å²) in [5, 5.41) is 3.96. The van der Waals surface area contributed by atoms with Crippen molar-refractivity contribution in [2.75, 3.05) is 13.2 Å². The number of halogens is 1. The molecule has 0 aliphatic rings. The van der Waals surface area contributed by atoms with Crippen LogP contribution in [0.25, 0.3) is 0 Å². The van der Waals surface area contributed by atoms with E-state index in [4.69, 9.17) is 9.57 Å². The van der Waals surface area contributed by atoms with Gasteiger partial charge in [-0.3, -0.25) is 4.79 Å². The largest absolute Gasteiger partial charge is 0.466 e. The normalized spacial score (nSPS) is 10.9. The fraction of sp³-hybridized carbons (Fsp3) is 0.286. The summed E-state index contributed by atoms with van der Waals surface area (Å²) in [5.74, 6) is -0.327. The molecule has 0 saturated heterocycles. The zero-order valence-corrected chi connectivity index (χ0v) is 12.4. The fourth-order valence-electron chi connectivity index (χ4n) is 1.35. The molecule has 0 bridgehead atoms. The lowest BCUT2D eigenvalue weighted by Crippen LogP contribution is -2.13. The van der Waals surface area contributed by atoms with Crippen LogP contribution in [0.3, 0.4) is 0 Å². The average Bonchev–Trinajstić information content (AvgIpc) is 2.39. The van der Waals surface area contributed by atoms with Crippen molar-refractivity contribution in [1.29, 1.82) is 0 Å². The Hall–Kier alpha value is -1.62. The monoisotopic (exact) mass is 325 g/mol. The van der Waals surface area contributed by atoms with E-state index < -0.39 is 0 Å². The molecule has 0 unspecified atom stereocenters. The molecule has 19 heavy (non-hydrogen) atoms. The lowest BCUT2D eigenvalue weighted by Gasteiger charge is -2.06. The Kier molecular flexibility index (Phi) is 6.89. The van der Waals surface area contributed by atoms with E-state index in [1.807, 2.05) is 24.3 Å². The number of esters is 1. The SMILES string of the molecule is C=CCO/N=C(\CC(=O)OCC)c1ccc(Br)cc1. The Morgan fingerprint density at radius 2 is 2.11 bits per heavy atom. The molecule has 5 heteroatoms. The van der Waals surface area contributed by atoms with Crippen LogP contribution in [0, 0.1) is 0 Å². The van der Waals surface area contributed by atoms with Crippen molar-refractivity contribution >= 4 is 27.6 Å². The van der Waals surface area contributed by atoms with Gasteiger partial charge in [-0.05, 0) is 24.6 Å². The van der Waals surface area contributed by atoms with Gasteiger partial charge in [-0.1, -0.05) is 45.9 Å². The first-order valence-electron chi connectivity index (χ1n) is 5.88. The maximum atomic E-state index is 11.5. The number of hydrogen-bond donors (Lipinski definition) is 0. The van der Waals surface area contributed by atoms with Crippen molar-refractivity contribution in [2.24, 2.45) is 5.16 Å². The van der Waals surface area contributed by atoms with Crippen molar-refractivity contribution in [3.05, 3.63) is 47.0 Å². The quantitative estimate of drug-likeness (QED) is 0.254. The van der Waals surface area contributed by atoms with Crippen LogP contribution in [0.2, 0.25) is 0 Å². The summed E-state index contributed by atoms with van der Waals surface area (Å²) in [6.45, 7) is 5.95. The molecule has 0 spiro atoms. The van der Waals surface area contributed by atoms with Crippen LogP contribution in [0.5, 0.6) is 0 Å². The first-order valence-corrected chi connectivity index (χ1v) is 6.68. The maximum absolute atomic E-state index is 11.5. The molecule has 0 atom stereocenters. The molecule has 0 aliphatic heterocycles. The van der Waals surface area contributed by atoms with E-state index in [1.165, 1.54) is 0 Å². The molecule has 0 N–H and O–H groups in total. The first kappa shape index (κ1) is 15.4. The van der Waals surface area contributed by atoms with Crippen LogP contribution in [-0.2, 0) is 14.4 Å². The van der Waals surface area contributed by atoms with Gasteiger partial charge in [-0.25, -0.2) is 0 Å². The zero-order valence-electron chi connectivity index (χ0n) is 10.8. The standard InChI is InChI=1S/C14H16BrNO3/c1-3-9-19-16-13(10-14(17)18-4-2)11-5-7-12(15)8-6-11/h3,5-8H,1,4,9-10H2,2H3/b16-13+. The minimum Gasteiger partial charge on any atom is -0.466 e. The number of benzene rings is 1. The summed E-state index contributed by atoms with van der Waals surface area (Å²) in [7, 11) is 0. The van der Waals surface area contributed by atoms with Gasteiger partial charge in [0.1, 0.15) is 6.61 Å². The number of rotatable bonds is 7. The van der Waals surface area contributed by atoms with Crippen LogP contribution >= 0.6 is 15.9 Å². The number of oxime groups is 1.